The maximum Gasteiger partial charge on any atom is 0.258 e. The minimum absolute atomic E-state index is 0.0626. The molecular weight excluding hydrogens is 561 g/mol. The lowest BCUT2D eigenvalue weighted by molar-refractivity contribution is 0.0978. The van der Waals surface area contributed by atoms with E-state index >= 15 is 0 Å². The number of benzene rings is 3. The van der Waals surface area contributed by atoms with Gasteiger partial charge in [-0.3, -0.25) is 10.1 Å². The summed E-state index contributed by atoms with van der Waals surface area (Å²) in [5, 5.41) is 7.53. The molecular formula is C21H11BrCl3N3OS2. The number of thiazole rings is 1. The van der Waals surface area contributed by atoms with Gasteiger partial charge in [-0.15, -0.1) is 11.3 Å². The Morgan fingerprint density at radius 1 is 1.03 bits per heavy atom. The van der Waals surface area contributed by atoms with E-state index in [1.165, 1.54) is 11.3 Å². The predicted molar refractivity (Wildman–Crippen MR) is 138 cm³/mol. The van der Waals surface area contributed by atoms with E-state index in [2.05, 4.69) is 31.5 Å². The van der Waals surface area contributed by atoms with Crippen LogP contribution in [-0.4, -0.2) is 16.0 Å². The third-order valence-electron chi connectivity index (χ3n) is 4.22. The summed E-state index contributed by atoms with van der Waals surface area (Å²) in [6, 6.07) is 16.1. The Hall–Kier alpha value is -1.74. The molecule has 4 aromatic rings. The normalized spacial score (nSPS) is 10.8. The maximum atomic E-state index is 12.6. The van der Waals surface area contributed by atoms with Gasteiger partial charge in [0, 0.05) is 15.1 Å². The van der Waals surface area contributed by atoms with Crippen molar-refractivity contribution < 1.29 is 4.79 Å². The minimum atomic E-state index is -0.449. The van der Waals surface area contributed by atoms with E-state index < -0.39 is 5.91 Å². The second kappa shape index (κ2) is 9.40. The maximum absolute atomic E-state index is 12.6. The quantitative estimate of drug-likeness (QED) is 0.246. The summed E-state index contributed by atoms with van der Waals surface area (Å²) in [6.45, 7) is 0. The van der Waals surface area contributed by atoms with E-state index in [0.717, 1.165) is 19.7 Å². The number of nitrogens with one attached hydrogen (secondary N) is 2. The number of halogens is 4. The number of amides is 1. The first-order valence-electron chi connectivity index (χ1n) is 8.74. The van der Waals surface area contributed by atoms with Crippen molar-refractivity contribution >= 4 is 101 Å². The van der Waals surface area contributed by atoms with Gasteiger partial charge in [-0.05, 0) is 54.7 Å². The van der Waals surface area contributed by atoms with Crippen molar-refractivity contribution in [2.75, 3.05) is 5.32 Å². The van der Waals surface area contributed by atoms with E-state index in [9.17, 15) is 4.79 Å². The number of hydrogen-bond acceptors (Lipinski definition) is 4. The van der Waals surface area contributed by atoms with E-state index in [0.29, 0.717) is 26.3 Å². The van der Waals surface area contributed by atoms with Crippen LogP contribution in [0.4, 0.5) is 5.69 Å². The van der Waals surface area contributed by atoms with Crippen LogP contribution in [0.1, 0.15) is 10.4 Å². The molecule has 0 unspecified atom stereocenters. The third-order valence-corrected chi connectivity index (χ3v) is 6.83. The van der Waals surface area contributed by atoms with Crippen LogP contribution in [0, 0.1) is 0 Å². The van der Waals surface area contributed by atoms with E-state index in [1.807, 2.05) is 24.3 Å². The van der Waals surface area contributed by atoms with E-state index in [1.54, 1.807) is 30.3 Å². The molecule has 1 amide bonds. The molecule has 2 N–H and O–H groups in total. The highest BCUT2D eigenvalue weighted by Gasteiger charge is 2.18. The zero-order valence-electron chi connectivity index (χ0n) is 15.4. The zero-order valence-corrected chi connectivity index (χ0v) is 20.9. The van der Waals surface area contributed by atoms with Crippen molar-refractivity contribution in [2.24, 2.45) is 0 Å². The van der Waals surface area contributed by atoms with Gasteiger partial charge in [-0.25, -0.2) is 4.98 Å². The second-order valence-corrected chi connectivity index (χ2v) is 9.93. The molecule has 0 saturated carbocycles. The Balaban J connectivity index is 1.64. The molecule has 0 aliphatic rings. The van der Waals surface area contributed by atoms with Gasteiger partial charge in [-0.2, -0.15) is 0 Å². The fourth-order valence-electron chi connectivity index (χ4n) is 2.84. The van der Waals surface area contributed by atoms with Crippen LogP contribution in [0.2, 0.25) is 15.1 Å². The molecule has 1 heterocycles. The van der Waals surface area contributed by atoms with Gasteiger partial charge in [-0.1, -0.05) is 62.9 Å². The lowest BCUT2D eigenvalue weighted by Gasteiger charge is -2.15. The van der Waals surface area contributed by atoms with Gasteiger partial charge >= 0.3 is 0 Å². The largest absolute Gasteiger partial charge is 0.331 e. The number of rotatable bonds is 3. The summed E-state index contributed by atoms with van der Waals surface area (Å²) >= 11 is 29.0. The summed E-state index contributed by atoms with van der Waals surface area (Å²) < 4.78 is 1.75. The fraction of sp³-hybridized carbons (Fsp3) is 0. The number of fused-ring (bicyclic) bond motifs is 1. The van der Waals surface area contributed by atoms with Crippen LogP contribution >= 0.6 is 74.3 Å². The summed E-state index contributed by atoms with van der Waals surface area (Å²) in [7, 11) is 0. The molecule has 4 rings (SSSR count). The van der Waals surface area contributed by atoms with Crippen molar-refractivity contribution in [1.82, 2.24) is 10.3 Å². The zero-order chi connectivity index (χ0) is 22.1. The van der Waals surface area contributed by atoms with Crippen molar-refractivity contribution in [1.29, 1.82) is 0 Å². The summed E-state index contributed by atoms with van der Waals surface area (Å²) in [5.74, 6) is -0.449. The molecule has 1 aromatic heterocycles. The van der Waals surface area contributed by atoms with Gasteiger partial charge in [0.1, 0.15) is 5.01 Å². The number of para-hydroxylation sites is 1. The highest BCUT2D eigenvalue weighted by atomic mass is 79.9. The lowest BCUT2D eigenvalue weighted by Crippen LogP contribution is -2.34. The Bertz CT molecular complexity index is 1310. The topological polar surface area (TPSA) is 54.0 Å². The molecule has 31 heavy (non-hydrogen) atoms. The van der Waals surface area contributed by atoms with Gasteiger partial charge in [0.2, 0.25) is 0 Å². The van der Waals surface area contributed by atoms with E-state index in [-0.39, 0.29) is 10.7 Å². The smallest absolute Gasteiger partial charge is 0.258 e. The summed E-state index contributed by atoms with van der Waals surface area (Å²) in [4.78, 5) is 17.3. The summed E-state index contributed by atoms with van der Waals surface area (Å²) in [6.07, 6.45) is 0. The Morgan fingerprint density at radius 3 is 2.58 bits per heavy atom. The van der Waals surface area contributed by atoms with Crippen LogP contribution in [0.15, 0.2) is 59.1 Å². The molecule has 0 bridgehead atoms. The van der Waals surface area contributed by atoms with Crippen molar-refractivity contribution in [3.63, 3.8) is 0 Å². The Labute approximate surface area is 210 Å². The average molecular weight is 572 g/mol. The van der Waals surface area contributed by atoms with Crippen LogP contribution in [0.25, 0.3) is 20.8 Å². The number of hydrogen-bond donors (Lipinski definition) is 2. The fourth-order valence-corrected chi connectivity index (χ4v) is 5.13. The molecule has 0 saturated heterocycles. The first-order valence-corrected chi connectivity index (χ1v) is 11.9. The molecule has 0 aliphatic carbocycles. The average Bonchev–Trinajstić information content (AvgIpc) is 3.15. The highest BCUT2D eigenvalue weighted by Crippen LogP contribution is 2.40. The first-order chi connectivity index (χ1) is 14.8. The first kappa shape index (κ1) is 22.5. The predicted octanol–water partition coefficient (Wildman–Crippen LogP) is 7.81. The van der Waals surface area contributed by atoms with Gasteiger partial charge in [0.05, 0.1) is 31.5 Å². The van der Waals surface area contributed by atoms with Crippen LogP contribution in [-0.2, 0) is 0 Å². The molecule has 0 fully saturated rings. The molecule has 0 aliphatic heterocycles. The van der Waals surface area contributed by atoms with Crippen LogP contribution in [0.3, 0.4) is 0 Å². The van der Waals surface area contributed by atoms with Crippen LogP contribution < -0.4 is 10.6 Å². The Morgan fingerprint density at radius 2 is 1.81 bits per heavy atom. The molecule has 0 spiro atoms. The van der Waals surface area contributed by atoms with Crippen molar-refractivity contribution in [3.05, 3.63) is 79.7 Å². The molecule has 4 nitrogen and oxygen atoms in total. The number of nitrogens with zero attached hydrogens (tertiary/aromatic N) is 1. The molecule has 10 heteroatoms. The molecule has 0 atom stereocenters. The molecule has 0 radical (unpaired) electrons. The van der Waals surface area contributed by atoms with Gasteiger partial charge in [0.25, 0.3) is 5.91 Å². The Kier molecular flexibility index (Phi) is 6.81. The van der Waals surface area contributed by atoms with Crippen molar-refractivity contribution in [3.8, 4) is 10.6 Å². The van der Waals surface area contributed by atoms with Gasteiger partial charge < -0.3 is 5.32 Å². The van der Waals surface area contributed by atoms with Gasteiger partial charge in [0.15, 0.2) is 5.11 Å². The second-order valence-electron chi connectivity index (χ2n) is 6.33. The number of thiocarbonyl (C=S) groups is 1. The lowest BCUT2D eigenvalue weighted by atomic mass is 10.2. The third kappa shape index (κ3) is 5.03. The number of aromatic nitrogens is 1. The number of carbonyl (C=O) groups is 1. The van der Waals surface area contributed by atoms with E-state index in [4.69, 9.17) is 47.0 Å². The molecule has 156 valence electrons. The number of anilines is 1. The highest BCUT2D eigenvalue weighted by molar-refractivity contribution is 9.10. The summed E-state index contributed by atoms with van der Waals surface area (Å²) in [5.41, 5.74) is 2.32. The van der Waals surface area contributed by atoms with Crippen molar-refractivity contribution in [2.45, 2.75) is 0 Å². The minimum Gasteiger partial charge on any atom is -0.331 e. The monoisotopic (exact) mass is 569 g/mol. The number of carbonyl (C=O) groups excluding carboxylic acids is 1. The molecule has 3 aromatic carbocycles. The standard InChI is InChI=1S/C21H11BrCl3N3OS2/c22-10-5-6-14(24)12(7-10)19(29)28-21(30)27-18-13(8-11(23)9-15(18)25)20-26-16-3-1-2-4-17(16)31-20/h1-9H,(H2,27,28,29,30). The SMILES string of the molecule is O=C(NC(=S)Nc1c(Cl)cc(Cl)cc1-c1nc2ccccc2s1)c1cc(Br)ccc1Cl. The van der Waals surface area contributed by atoms with Crippen LogP contribution in [0.5, 0.6) is 0 Å².